The molecule has 0 aliphatic rings. The van der Waals surface area contributed by atoms with Gasteiger partial charge in [-0.05, 0) is 42.8 Å². The van der Waals surface area contributed by atoms with E-state index in [9.17, 15) is 18.5 Å². The number of nitrogens with zero attached hydrogens (tertiary/aromatic N) is 3. The molecule has 188 valence electrons. The molecule has 1 heterocycles. The van der Waals surface area contributed by atoms with E-state index < -0.39 is 15.7 Å². The summed E-state index contributed by atoms with van der Waals surface area (Å²) in [6.45, 7) is 4.08. The molecule has 0 atom stereocenters. The third kappa shape index (κ3) is 7.03. The number of hydrogen-bond acceptors (Lipinski definition) is 10. The monoisotopic (exact) mass is 528 g/mol. The van der Waals surface area contributed by atoms with E-state index in [4.69, 9.17) is 14.2 Å². The summed E-state index contributed by atoms with van der Waals surface area (Å²) in [5.74, 6) is 0.721. The second-order valence-electron chi connectivity index (χ2n) is 7.33. The van der Waals surface area contributed by atoms with Crippen molar-refractivity contribution in [1.29, 1.82) is 5.26 Å². The number of benzene rings is 2. The van der Waals surface area contributed by atoms with Crippen molar-refractivity contribution in [2.45, 2.75) is 19.0 Å². The van der Waals surface area contributed by atoms with Crippen LogP contribution in [0.4, 0.5) is 5.13 Å². The van der Waals surface area contributed by atoms with Crippen LogP contribution < -0.4 is 19.5 Å². The van der Waals surface area contributed by atoms with Gasteiger partial charge in [-0.1, -0.05) is 30.7 Å². The minimum absolute atomic E-state index is 0.0256. The predicted molar refractivity (Wildman–Crippen MR) is 135 cm³/mol. The first-order valence-corrected chi connectivity index (χ1v) is 13.2. The molecule has 12 heteroatoms. The topological polar surface area (TPSA) is 140 Å². The summed E-state index contributed by atoms with van der Waals surface area (Å²) < 4.78 is 44.2. The average Bonchev–Trinajstić information content (AvgIpc) is 3.36. The maximum absolute atomic E-state index is 12.5. The van der Waals surface area contributed by atoms with Crippen LogP contribution in [0.2, 0.25) is 0 Å². The zero-order chi connectivity index (χ0) is 26.1. The van der Waals surface area contributed by atoms with Gasteiger partial charge in [-0.25, -0.2) is 8.42 Å². The SMILES string of the molecule is CCS(=O)(=O)c1nsc(NC(=O)/C(C#N)=C\c2ccc(OCCOc3ccc(C)cc3)c(OC)c2)n1. The van der Waals surface area contributed by atoms with Crippen LogP contribution in [0.3, 0.4) is 0 Å². The van der Waals surface area contributed by atoms with Gasteiger partial charge in [0.2, 0.25) is 15.0 Å². The molecule has 0 aliphatic carbocycles. The summed E-state index contributed by atoms with van der Waals surface area (Å²) in [7, 11) is -2.12. The largest absolute Gasteiger partial charge is 0.493 e. The van der Waals surface area contributed by atoms with E-state index in [0.717, 1.165) is 11.3 Å². The molecule has 36 heavy (non-hydrogen) atoms. The molecule has 0 spiro atoms. The van der Waals surface area contributed by atoms with E-state index in [1.165, 1.54) is 20.1 Å². The van der Waals surface area contributed by atoms with E-state index in [0.29, 0.717) is 35.2 Å². The molecule has 0 saturated heterocycles. The lowest BCUT2D eigenvalue weighted by Crippen LogP contribution is -2.14. The number of rotatable bonds is 11. The molecular weight excluding hydrogens is 504 g/mol. The molecule has 0 bridgehead atoms. The van der Waals surface area contributed by atoms with Gasteiger partial charge in [0, 0.05) is 11.5 Å². The number of nitriles is 1. The molecule has 2 aromatic carbocycles. The Kier molecular flexibility index (Phi) is 8.99. The number of aromatic nitrogens is 2. The zero-order valence-corrected chi connectivity index (χ0v) is 21.5. The summed E-state index contributed by atoms with van der Waals surface area (Å²) in [6, 6.07) is 14.5. The fourth-order valence-corrected chi connectivity index (χ4v) is 4.42. The summed E-state index contributed by atoms with van der Waals surface area (Å²) in [5.41, 5.74) is 1.45. The highest BCUT2D eigenvalue weighted by atomic mass is 32.2. The summed E-state index contributed by atoms with van der Waals surface area (Å²) in [5, 5.41) is 11.5. The minimum atomic E-state index is -3.60. The van der Waals surface area contributed by atoms with Gasteiger partial charge >= 0.3 is 0 Å². The highest BCUT2D eigenvalue weighted by Crippen LogP contribution is 2.29. The van der Waals surface area contributed by atoms with Crippen LogP contribution in [-0.4, -0.2) is 49.8 Å². The molecular formula is C24H24N4O6S2. The third-order valence-corrected chi connectivity index (χ3v) is 7.03. The van der Waals surface area contributed by atoms with Gasteiger partial charge in [-0.15, -0.1) is 0 Å². The van der Waals surface area contributed by atoms with Crippen molar-refractivity contribution in [2.24, 2.45) is 0 Å². The molecule has 1 aromatic heterocycles. The number of sulfone groups is 1. The van der Waals surface area contributed by atoms with Crippen molar-refractivity contribution in [3.63, 3.8) is 0 Å². The van der Waals surface area contributed by atoms with Crippen LogP contribution in [0, 0.1) is 18.3 Å². The fourth-order valence-electron chi connectivity index (χ4n) is 2.83. The Bertz CT molecular complexity index is 1390. The first kappa shape index (κ1) is 26.7. The van der Waals surface area contributed by atoms with Gasteiger partial charge in [0.25, 0.3) is 11.1 Å². The van der Waals surface area contributed by atoms with Crippen LogP contribution in [0.1, 0.15) is 18.1 Å². The van der Waals surface area contributed by atoms with E-state index in [2.05, 4.69) is 14.7 Å². The van der Waals surface area contributed by atoms with Gasteiger partial charge in [0.15, 0.2) is 11.5 Å². The van der Waals surface area contributed by atoms with Gasteiger partial charge in [-0.2, -0.15) is 14.6 Å². The lowest BCUT2D eigenvalue weighted by Gasteiger charge is -2.12. The second-order valence-corrected chi connectivity index (χ2v) is 10.3. The Labute approximate surface area is 213 Å². The van der Waals surface area contributed by atoms with Crippen LogP contribution in [0.5, 0.6) is 17.2 Å². The molecule has 10 nitrogen and oxygen atoms in total. The van der Waals surface area contributed by atoms with Gasteiger partial charge in [-0.3, -0.25) is 10.1 Å². The maximum Gasteiger partial charge on any atom is 0.268 e. The van der Waals surface area contributed by atoms with Gasteiger partial charge in [0.05, 0.1) is 12.9 Å². The standard InChI is InChI=1S/C24H24N4O6S2/c1-4-36(30,31)24-27-23(35-28-24)26-22(29)18(15-25)13-17-7-10-20(21(14-17)32-3)34-12-11-33-19-8-5-16(2)6-9-19/h5-10,13-14H,4,11-12H2,1-3H3,(H,26,27,28,29)/b18-13-. The van der Waals surface area contributed by atoms with Crippen LogP contribution >= 0.6 is 11.5 Å². The van der Waals surface area contributed by atoms with E-state index in [-0.39, 0.29) is 28.2 Å². The van der Waals surface area contributed by atoms with Crippen LogP contribution in [0.15, 0.2) is 53.2 Å². The highest BCUT2D eigenvalue weighted by Gasteiger charge is 2.20. The third-order valence-electron chi connectivity index (χ3n) is 4.78. The molecule has 0 fully saturated rings. The molecule has 3 rings (SSSR count). The summed E-state index contributed by atoms with van der Waals surface area (Å²) in [4.78, 5) is 16.3. The van der Waals surface area contributed by atoms with Crippen LogP contribution in [-0.2, 0) is 14.6 Å². The predicted octanol–water partition coefficient (Wildman–Crippen LogP) is 3.65. The number of carbonyl (C=O) groups excluding carboxylic acids is 1. The van der Waals surface area contributed by atoms with Crippen LogP contribution in [0.25, 0.3) is 6.08 Å². The Morgan fingerprint density at radius 1 is 1.14 bits per heavy atom. The number of amides is 1. The number of hydrogen-bond donors (Lipinski definition) is 1. The van der Waals surface area contributed by atoms with Crippen molar-refractivity contribution in [3.05, 3.63) is 59.2 Å². The smallest absolute Gasteiger partial charge is 0.268 e. The number of methoxy groups -OCH3 is 1. The van der Waals surface area contributed by atoms with Crippen molar-refractivity contribution >= 4 is 38.5 Å². The lowest BCUT2D eigenvalue weighted by atomic mass is 10.1. The fraction of sp³-hybridized carbons (Fsp3) is 0.250. The molecule has 0 aliphatic heterocycles. The molecule has 3 aromatic rings. The summed E-state index contributed by atoms with van der Waals surface area (Å²) in [6.07, 6.45) is 1.37. The number of ether oxygens (including phenoxy) is 3. The Balaban J connectivity index is 1.64. The Morgan fingerprint density at radius 3 is 2.53 bits per heavy atom. The summed E-state index contributed by atoms with van der Waals surface area (Å²) >= 11 is 0.715. The normalized spacial score (nSPS) is 11.4. The quantitative estimate of drug-likeness (QED) is 0.224. The van der Waals surface area contributed by atoms with Crippen molar-refractivity contribution in [3.8, 4) is 23.3 Å². The first-order valence-electron chi connectivity index (χ1n) is 10.8. The average molecular weight is 529 g/mol. The zero-order valence-electron chi connectivity index (χ0n) is 19.8. The minimum Gasteiger partial charge on any atom is -0.493 e. The lowest BCUT2D eigenvalue weighted by molar-refractivity contribution is -0.112. The van der Waals surface area contributed by atoms with Crippen molar-refractivity contribution < 1.29 is 27.4 Å². The molecule has 0 radical (unpaired) electrons. The molecule has 1 N–H and O–H groups in total. The van der Waals surface area contributed by atoms with Gasteiger partial charge in [0.1, 0.15) is 30.6 Å². The molecule has 0 saturated carbocycles. The molecule has 1 amide bonds. The van der Waals surface area contributed by atoms with Crippen molar-refractivity contribution in [1.82, 2.24) is 9.36 Å². The van der Waals surface area contributed by atoms with E-state index in [1.807, 2.05) is 37.3 Å². The maximum atomic E-state index is 12.5. The van der Waals surface area contributed by atoms with E-state index in [1.54, 1.807) is 18.2 Å². The number of anilines is 1. The first-order chi connectivity index (χ1) is 17.2. The number of aryl methyl sites for hydroxylation is 1. The van der Waals surface area contributed by atoms with Crippen molar-refractivity contribution in [2.75, 3.05) is 31.4 Å². The Hall–Kier alpha value is -3.95. The highest BCUT2D eigenvalue weighted by molar-refractivity contribution is 7.91. The van der Waals surface area contributed by atoms with Gasteiger partial charge < -0.3 is 14.2 Å². The number of nitrogens with one attached hydrogen (secondary N) is 1. The molecule has 0 unspecified atom stereocenters. The van der Waals surface area contributed by atoms with E-state index >= 15 is 0 Å². The number of carbonyl (C=O) groups is 1. The second kappa shape index (κ2) is 12.1. The Morgan fingerprint density at radius 2 is 1.86 bits per heavy atom.